The molecule has 5 nitrogen and oxygen atoms in total. The van der Waals surface area contributed by atoms with E-state index in [0.717, 1.165) is 19.3 Å². The molecule has 2 aromatic rings. The predicted octanol–water partition coefficient (Wildman–Crippen LogP) is 4.03. The third-order valence-electron chi connectivity index (χ3n) is 6.93. The van der Waals surface area contributed by atoms with Crippen molar-refractivity contribution >= 4 is 29.1 Å². The molecule has 0 radical (unpaired) electrons. The van der Waals surface area contributed by atoms with Crippen molar-refractivity contribution in [2.45, 2.75) is 24.8 Å². The van der Waals surface area contributed by atoms with Gasteiger partial charge in [-0.15, -0.1) is 0 Å². The maximum absolute atomic E-state index is 13.2. The maximum Gasteiger partial charge on any atom is 0.251 e. The first-order valence-corrected chi connectivity index (χ1v) is 10.5. The number of halogens is 2. The zero-order chi connectivity index (χ0) is 20.9. The van der Waals surface area contributed by atoms with Crippen molar-refractivity contribution in [3.8, 4) is 0 Å². The normalized spacial score (nSPS) is 28.2. The van der Waals surface area contributed by atoms with Crippen molar-refractivity contribution in [2.24, 2.45) is 17.3 Å². The van der Waals surface area contributed by atoms with Gasteiger partial charge in [-0.25, -0.2) is 4.39 Å². The van der Waals surface area contributed by atoms with Gasteiger partial charge in [-0.2, -0.15) is 0 Å². The van der Waals surface area contributed by atoms with E-state index in [1.807, 2.05) is 0 Å². The summed E-state index contributed by atoms with van der Waals surface area (Å²) in [5.41, 5.74) is 0.243. The van der Waals surface area contributed by atoms with Gasteiger partial charge in [0.15, 0.2) is 0 Å². The highest BCUT2D eigenvalue weighted by Crippen LogP contribution is 2.62. The minimum atomic E-state index is -0.599. The molecular weight excluding hydrogens is 407 g/mol. The van der Waals surface area contributed by atoms with E-state index in [1.54, 1.807) is 36.4 Å². The number of rotatable bonds is 5. The molecule has 2 amide bonds. The highest BCUT2D eigenvalue weighted by atomic mass is 35.5. The monoisotopic (exact) mass is 428 g/mol. The number of amides is 2. The summed E-state index contributed by atoms with van der Waals surface area (Å²) in [7, 11) is 0. The number of fused-ring (bicyclic) bond motifs is 1. The summed E-state index contributed by atoms with van der Waals surface area (Å²) in [5.74, 6) is -0.0388. The van der Waals surface area contributed by atoms with Crippen molar-refractivity contribution in [2.75, 3.05) is 18.5 Å². The van der Waals surface area contributed by atoms with Gasteiger partial charge in [0.2, 0.25) is 5.91 Å². The number of ether oxygens (including phenoxy) is 1. The lowest BCUT2D eigenvalue weighted by molar-refractivity contribution is -0.172. The van der Waals surface area contributed by atoms with Crippen LogP contribution in [0.5, 0.6) is 0 Å². The first-order valence-electron chi connectivity index (χ1n) is 10.1. The second kappa shape index (κ2) is 7.06. The molecule has 156 valence electrons. The largest absolute Gasteiger partial charge is 0.379 e. The number of hydrogen-bond donors (Lipinski definition) is 2. The smallest absolute Gasteiger partial charge is 0.251 e. The highest BCUT2D eigenvalue weighted by Gasteiger charge is 2.66. The molecule has 7 heteroatoms. The van der Waals surface area contributed by atoms with Gasteiger partial charge in [0.1, 0.15) is 5.82 Å². The molecule has 4 fully saturated rings. The zero-order valence-electron chi connectivity index (χ0n) is 16.3. The van der Waals surface area contributed by atoms with Crippen molar-refractivity contribution < 1.29 is 18.7 Å². The lowest BCUT2D eigenvalue weighted by Crippen LogP contribution is -2.57. The van der Waals surface area contributed by atoms with Gasteiger partial charge in [-0.3, -0.25) is 9.59 Å². The van der Waals surface area contributed by atoms with Crippen LogP contribution in [0.4, 0.5) is 10.1 Å². The van der Waals surface area contributed by atoms with Gasteiger partial charge in [-0.1, -0.05) is 17.7 Å². The highest BCUT2D eigenvalue weighted by molar-refractivity contribution is 6.31. The van der Waals surface area contributed by atoms with Crippen LogP contribution in [0.3, 0.4) is 0 Å². The Morgan fingerprint density at radius 3 is 2.43 bits per heavy atom. The quantitative estimate of drug-likeness (QED) is 0.755. The Balaban J connectivity index is 1.29. The summed E-state index contributed by atoms with van der Waals surface area (Å²) in [6.07, 6.45) is 2.50. The number of nitrogens with one attached hydrogen (secondary N) is 2. The summed E-state index contributed by atoms with van der Waals surface area (Å²) in [5, 5.41) is 6.65. The predicted molar refractivity (Wildman–Crippen MR) is 111 cm³/mol. The van der Waals surface area contributed by atoms with Crippen molar-refractivity contribution in [1.29, 1.82) is 0 Å². The molecule has 4 aliphatic rings. The van der Waals surface area contributed by atoms with Crippen LogP contribution >= 0.6 is 11.6 Å². The van der Waals surface area contributed by atoms with Gasteiger partial charge in [0.25, 0.3) is 5.91 Å². The number of carbonyl (C=O) groups excluding carboxylic acids is 2. The van der Waals surface area contributed by atoms with Gasteiger partial charge in [-0.05, 0) is 73.6 Å². The fraction of sp³-hybridized carbons (Fsp3) is 0.391. The second-order valence-electron chi connectivity index (χ2n) is 8.83. The summed E-state index contributed by atoms with van der Waals surface area (Å²) in [6, 6.07) is 12.7. The van der Waals surface area contributed by atoms with E-state index in [0.29, 0.717) is 35.4 Å². The summed E-state index contributed by atoms with van der Waals surface area (Å²) < 4.78 is 18.6. The Kier molecular flexibility index (Phi) is 4.60. The molecular formula is C23H22ClFN2O3. The van der Waals surface area contributed by atoms with E-state index >= 15 is 0 Å². The molecule has 1 saturated heterocycles. The average molecular weight is 429 g/mol. The minimum absolute atomic E-state index is 0.0887. The van der Waals surface area contributed by atoms with Crippen LogP contribution in [0.1, 0.15) is 29.6 Å². The SMILES string of the molecule is O=C(NC12CC(C1)C(C1(C(=O)Nc3ccc(F)cc3)COC1)C2)c1cccc(Cl)c1. The van der Waals surface area contributed by atoms with Gasteiger partial charge in [0.05, 0.1) is 18.6 Å². The van der Waals surface area contributed by atoms with Crippen LogP contribution in [0.15, 0.2) is 48.5 Å². The first kappa shape index (κ1) is 19.5. The van der Waals surface area contributed by atoms with E-state index in [-0.39, 0.29) is 29.1 Å². The Bertz CT molecular complexity index is 1000. The Hall–Kier alpha value is -2.44. The number of carbonyl (C=O) groups is 2. The summed E-state index contributed by atoms with van der Waals surface area (Å²) >= 11 is 6.01. The molecule has 1 aliphatic heterocycles. The third kappa shape index (κ3) is 3.19. The Morgan fingerprint density at radius 1 is 1.07 bits per heavy atom. The molecule has 3 aliphatic carbocycles. The van der Waals surface area contributed by atoms with Crippen LogP contribution in [-0.4, -0.2) is 30.6 Å². The van der Waals surface area contributed by atoms with Crippen LogP contribution < -0.4 is 10.6 Å². The molecule has 2 aromatic carbocycles. The summed E-state index contributed by atoms with van der Waals surface area (Å²) in [4.78, 5) is 25.9. The van der Waals surface area contributed by atoms with E-state index < -0.39 is 5.41 Å². The van der Waals surface area contributed by atoms with Crippen molar-refractivity contribution in [1.82, 2.24) is 5.32 Å². The van der Waals surface area contributed by atoms with Crippen molar-refractivity contribution in [3.63, 3.8) is 0 Å². The molecule has 6 rings (SSSR count). The molecule has 1 heterocycles. The van der Waals surface area contributed by atoms with Crippen LogP contribution in [0.2, 0.25) is 5.02 Å². The van der Waals surface area contributed by atoms with Gasteiger partial charge in [0, 0.05) is 21.8 Å². The number of hydrogen-bond acceptors (Lipinski definition) is 3. The lowest BCUT2D eigenvalue weighted by Gasteiger charge is -2.46. The van der Waals surface area contributed by atoms with Crippen LogP contribution in [-0.2, 0) is 9.53 Å². The second-order valence-corrected chi connectivity index (χ2v) is 9.27. The minimum Gasteiger partial charge on any atom is -0.379 e. The summed E-state index contributed by atoms with van der Waals surface area (Å²) in [6.45, 7) is 0.749. The topological polar surface area (TPSA) is 67.4 Å². The molecule has 0 aromatic heterocycles. The molecule has 1 unspecified atom stereocenters. The maximum atomic E-state index is 13.2. The Labute approximate surface area is 178 Å². The fourth-order valence-electron chi connectivity index (χ4n) is 5.35. The van der Waals surface area contributed by atoms with Gasteiger partial charge < -0.3 is 15.4 Å². The zero-order valence-corrected chi connectivity index (χ0v) is 17.0. The lowest BCUT2D eigenvalue weighted by atomic mass is 9.67. The van der Waals surface area contributed by atoms with E-state index in [2.05, 4.69) is 10.6 Å². The van der Waals surface area contributed by atoms with Crippen molar-refractivity contribution in [3.05, 3.63) is 64.9 Å². The van der Waals surface area contributed by atoms with Crippen LogP contribution in [0.25, 0.3) is 0 Å². The van der Waals surface area contributed by atoms with Crippen LogP contribution in [0, 0.1) is 23.1 Å². The fourth-order valence-corrected chi connectivity index (χ4v) is 5.54. The van der Waals surface area contributed by atoms with E-state index in [4.69, 9.17) is 16.3 Å². The number of benzene rings is 2. The standard InChI is InChI=1S/C23H22ClFN2O3/c24-16-3-1-2-14(8-16)20(28)27-22-9-15(10-22)19(11-22)23(12-30-13-23)21(29)26-18-6-4-17(25)5-7-18/h1-8,15,19H,9-13H2,(H,26,29)(H,27,28). The van der Waals surface area contributed by atoms with E-state index in [1.165, 1.54) is 12.1 Å². The number of anilines is 1. The molecule has 3 saturated carbocycles. The molecule has 2 bridgehead atoms. The third-order valence-corrected chi connectivity index (χ3v) is 7.17. The molecule has 2 N–H and O–H groups in total. The Morgan fingerprint density at radius 2 is 1.80 bits per heavy atom. The molecule has 30 heavy (non-hydrogen) atoms. The molecule has 0 spiro atoms. The average Bonchev–Trinajstić information content (AvgIpc) is 3.18. The van der Waals surface area contributed by atoms with E-state index in [9.17, 15) is 14.0 Å². The molecule has 1 atom stereocenters. The van der Waals surface area contributed by atoms with Gasteiger partial charge >= 0.3 is 0 Å². The first-order chi connectivity index (χ1) is 14.4.